The van der Waals surface area contributed by atoms with Crippen LogP contribution in [0.15, 0.2) is 83.1 Å². The fourth-order valence-electron chi connectivity index (χ4n) is 3.08. The number of halogens is 1. The van der Waals surface area contributed by atoms with Gasteiger partial charge in [-0.1, -0.05) is 41.9 Å². The lowest BCUT2D eigenvalue weighted by Gasteiger charge is -2.12. The normalized spacial score (nSPS) is 11.1. The van der Waals surface area contributed by atoms with E-state index in [0.717, 1.165) is 16.3 Å². The lowest BCUT2D eigenvalue weighted by atomic mass is 10.1. The van der Waals surface area contributed by atoms with Gasteiger partial charge in [-0.3, -0.25) is 9.52 Å². The third-order valence-electron chi connectivity index (χ3n) is 4.66. The second kappa shape index (κ2) is 10.3. The van der Waals surface area contributed by atoms with E-state index in [2.05, 4.69) is 15.0 Å². The highest BCUT2D eigenvalue weighted by Gasteiger charge is 2.17. The van der Waals surface area contributed by atoms with Crippen molar-refractivity contribution in [3.8, 4) is 17.0 Å². The van der Waals surface area contributed by atoms with Gasteiger partial charge in [0.05, 0.1) is 20.6 Å². The number of nitrogens with zero attached hydrogens (tertiary/aromatic N) is 1. The zero-order valence-corrected chi connectivity index (χ0v) is 20.4. The van der Waals surface area contributed by atoms with Crippen molar-refractivity contribution >= 4 is 50.2 Å². The van der Waals surface area contributed by atoms with Gasteiger partial charge in [-0.2, -0.15) is 0 Å². The zero-order valence-electron chi connectivity index (χ0n) is 18.0. The Labute approximate surface area is 206 Å². The molecule has 0 aliphatic heterocycles. The fraction of sp³-hybridized carbons (Fsp3) is 0.0833. The van der Waals surface area contributed by atoms with Gasteiger partial charge in [0, 0.05) is 22.3 Å². The molecule has 3 aromatic carbocycles. The molecule has 34 heavy (non-hydrogen) atoms. The summed E-state index contributed by atoms with van der Waals surface area (Å²) in [5.74, 6) is -0.188. The number of aryl methyl sites for hydroxylation is 1. The third kappa shape index (κ3) is 5.93. The number of ether oxygens (including phenoxy) is 1. The SMILES string of the molecule is Cc1nc(-c2cccc(NC(=O)COc3ccc(S(=O)(=O)Nc4ccccc4)cc3Cl)c2)cs1. The number of carbonyl (C=O) groups excluding carboxylic acids is 1. The predicted molar refractivity (Wildman–Crippen MR) is 135 cm³/mol. The van der Waals surface area contributed by atoms with Crippen molar-refractivity contribution in [3.63, 3.8) is 0 Å². The molecule has 174 valence electrons. The van der Waals surface area contributed by atoms with Gasteiger partial charge in [0.25, 0.3) is 15.9 Å². The molecule has 0 radical (unpaired) electrons. The molecule has 4 aromatic rings. The first-order chi connectivity index (χ1) is 16.3. The molecule has 0 bridgehead atoms. The molecule has 1 aromatic heterocycles. The van der Waals surface area contributed by atoms with Crippen LogP contribution in [0.3, 0.4) is 0 Å². The summed E-state index contributed by atoms with van der Waals surface area (Å²) in [4.78, 5) is 16.8. The molecule has 1 heterocycles. The van der Waals surface area contributed by atoms with E-state index in [-0.39, 0.29) is 28.2 Å². The van der Waals surface area contributed by atoms with Crippen LogP contribution in [0.4, 0.5) is 11.4 Å². The zero-order chi connectivity index (χ0) is 24.1. The Morgan fingerprint density at radius 3 is 2.50 bits per heavy atom. The number of amides is 1. The number of thiazole rings is 1. The lowest BCUT2D eigenvalue weighted by molar-refractivity contribution is -0.118. The van der Waals surface area contributed by atoms with Crippen molar-refractivity contribution in [2.75, 3.05) is 16.6 Å². The summed E-state index contributed by atoms with van der Waals surface area (Å²) in [5, 5.41) is 5.77. The molecule has 1 amide bonds. The second-order valence-corrected chi connectivity index (χ2v) is 10.4. The molecule has 0 aliphatic rings. The van der Waals surface area contributed by atoms with Gasteiger partial charge in [0.15, 0.2) is 6.61 Å². The molecule has 0 saturated carbocycles. The Morgan fingerprint density at radius 2 is 1.79 bits per heavy atom. The van der Waals surface area contributed by atoms with Crippen LogP contribution in [-0.4, -0.2) is 25.9 Å². The van der Waals surface area contributed by atoms with Gasteiger partial charge in [-0.25, -0.2) is 13.4 Å². The maximum absolute atomic E-state index is 12.6. The molecule has 0 spiro atoms. The number of nitrogens with one attached hydrogen (secondary N) is 2. The van der Waals surface area contributed by atoms with E-state index in [1.54, 1.807) is 47.7 Å². The average molecular weight is 514 g/mol. The van der Waals surface area contributed by atoms with Crippen LogP contribution < -0.4 is 14.8 Å². The Balaban J connectivity index is 1.38. The first-order valence-electron chi connectivity index (χ1n) is 10.1. The van der Waals surface area contributed by atoms with Gasteiger partial charge < -0.3 is 10.1 Å². The maximum Gasteiger partial charge on any atom is 0.262 e. The second-order valence-electron chi connectivity index (χ2n) is 7.23. The molecule has 2 N–H and O–H groups in total. The molecule has 0 aliphatic carbocycles. The van der Waals surface area contributed by atoms with E-state index in [1.807, 2.05) is 30.5 Å². The Hall–Kier alpha value is -3.40. The monoisotopic (exact) mass is 513 g/mol. The van der Waals surface area contributed by atoms with E-state index < -0.39 is 10.0 Å². The lowest BCUT2D eigenvalue weighted by Crippen LogP contribution is -2.20. The number of benzene rings is 3. The number of hydrogen-bond donors (Lipinski definition) is 2. The third-order valence-corrected chi connectivity index (χ3v) is 7.11. The van der Waals surface area contributed by atoms with E-state index in [1.165, 1.54) is 18.2 Å². The molecule has 10 heteroatoms. The van der Waals surface area contributed by atoms with Crippen molar-refractivity contribution in [1.82, 2.24) is 4.98 Å². The number of aromatic nitrogens is 1. The molecule has 0 atom stereocenters. The van der Waals surface area contributed by atoms with E-state index in [9.17, 15) is 13.2 Å². The molecular formula is C24H20ClN3O4S2. The largest absolute Gasteiger partial charge is 0.482 e. The average Bonchev–Trinajstić information content (AvgIpc) is 3.25. The van der Waals surface area contributed by atoms with Crippen LogP contribution in [0.25, 0.3) is 11.3 Å². The molecule has 7 nitrogen and oxygen atoms in total. The van der Waals surface area contributed by atoms with Crippen molar-refractivity contribution in [1.29, 1.82) is 0 Å². The first kappa shape index (κ1) is 23.7. The van der Waals surface area contributed by atoms with Crippen LogP contribution in [0.5, 0.6) is 5.75 Å². The Kier molecular flexibility index (Phi) is 7.16. The van der Waals surface area contributed by atoms with Crippen LogP contribution in [0.1, 0.15) is 5.01 Å². The summed E-state index contributed by atoms with van der Waals surface area (Å²) in [6.07, 6.45) is 0. The number of rotatable bonds is 8. The van der Waals surface area contributed by atoms with Crippen LogP contribution >= 0.6 is 22.9 Å². The molecular weight excluding hydrogens is 494 g/mol. The summed E-state index contributed by atoms with van der Waals surface area (Å²) in [6, 6.07) is 19.9. The standard InChI is InChI=1S/C24H20ClN3O4S2/c1-16-26-22(15-33-16)17-6-5-9-19(12-17)27-24(29)14-32-23-11-10-20(13-21(23)25)34(30,31)28-18-7-3-2-4-8-18/h2-13,15,28H,14H2,1H3,(H,27,29). The number of sulfonamides is 1. The minimum Gasteiger partial charge on any atom is -0.482 e. The molecule has 0 unspecified atom stereocenters. The van der Waals surface area contributed by atoms with E-state index in [4.69, 9.17) is 16.3 Å². The van der Waals surface area contributed by atoms with Gasteiger partial charge in [0.2, 0.25) is 0 Å². The first-order valence-corrected chi connectivity index (χ1v) is 12.9. The van der Waals surface area contributed by atoms with Crippen LogP contribution in [0.2, 0.25) is 5.02 Å². The number of anilines is 2. The minimum atomic E-state index is -3.82. The fourth-order valence-corrected chi connectivity index (χ4v) is 5.08. The summed E-state index contributed by atoms with van der Waals surface area (Å²) in [6.45, 7) is 1.64. The number of hydrogen-bond acceptors (Lipinski definition) is 6. The van der Waals surface area contributed by atoms with Gasteiger partial charge in [-0.15, -0.1) is 11.3 Å². The molecule has 0 saturated heterocycles. The van der Waals surface area contributed by atoms with Crippen molar-refractivity contribution in [2.45, 2.75) is 11.8 Å². The summed E-state index contributed by atoms with van der Waals surface area (Å²) < 4.78 is 33.2. The topological polar surface area (TPSA) is 97.4 Å². The number of carbonyl (C=O) groups is 1. The predicted octanol–water partition coefficient (Wildman–Crippen LogP) is 5.59. The number of para-hydroxylation sites is 1. The minimum absolute atomic E-state index is 0.0211. The molecule has 4 rings (SSSR count). The summed E-state index contributed by atoms with van der Waals surface area (Å²) >= 11 is 7.77. The Bertz CT molecular complexity index is 1420. The van der Waals surface area contributed by atoms with Crippen LogP contribution in [0, 0.1) is 6.92 Å². The van der Waals surface area contributed by atoms with E-state index in [0.29, 0.717) is 11.4 Å². The van der Waals surface area contributed by atoms with Gasteiger partial charge >= 0.3 is 0 Å². The van der Waals surface area contributed by atoms with Crippen molar-refractivity contribution in [2.24, 2.45) is 0 Å². The maximum atomic E-state index is 12.6. The summed E-state index contributed by atoms with van der Waals surface area (Å²) in [7, 11) is -3.82. The van der Waals surface area contributed by atoms with Gasteiger partial charge in [-0.05, 0) is 49.4 Å². The van der Waals surface area contributed by atoms with E-state index >= 15 is 0 Å². The quantitative estimate of drug-likeness (QED) is 0.320. The molecule has 0 fully saturated rings. The van der Waals surface area contributed by atoms with Gasteiger partial charge in [0.1, 0.15) is 5.75 Å². The summed E-state index contributed by atoms with van der Waals surface area (Å²) in [5.41, 5.74) is 2.78. The van der Waals surface area contributed by atoms with Crippen LogP contribution in [-0.2, 0) is 14.8 Å². The smallest absolute Gasteiger partial charge is 0.262 e. The van der Waals surface area contributed by atoms with Crippen molar-refractivity contribution < 1.29 is 17.9 Å². The Morgan fingerprint density at radius 1 is 1.03 bits per heavy atom. The van der Waals surface area contributed by atoms with Crippen molar-refractivity contribution in [3.05, 3.63) is 88.2 Å². The highest BCUT2D eigenvalue weighted by molar-refractivity contribution is 7.92. The highest BCUT2D eigenvalue weighted by Crippen LogP contribution is 2.29. The highest BCUT2D eigenvalue weighted by atomic mass is 35.5.